The lowest BCUT2D eigenvalue weighted by Crippen LogP contribution is -2.10. The summed E-state index contributed by atoms with van der Waals surface area (Å²) in [6, 6.07) is 3.12. The minimum absolute atomic E-state index is 0.0451. The van der Waals surface area contributed by atoms with Gasteiger partial charge in [0.15, 0.2) is 0 Å². The predicted molar refractivity (Wildman–Crippen MR) is 63.7 cm³/mol. The summed E-state index contributed by atoms with van der Waals surface area (Å²) in [6.45, 7) is 7.31. The molecule has 0 aromatic heterocycles. The fourth-order valence-electron chi connectivity index (χ4n) is 1.22. The number of benzene rings is 1. The van der Waals surface area contributed by atoms with Gasteiger partial charge in [-0.2, -0.15) is 0 Å². The molecule has 0 bridgehead atoms. The average Bonchev–Trinajstić information content (AvgIpc) is 2.14. The monoisotopic (exact) mass is 272 g/mol. The molecule has 1 atom stereocenters. The summed E-state index contributed by atoms with van der Waals surface area (Å²) < 4.78 is 19.4. The predicted octanol–water partition coefficient (Wildman–Crippen LogP) is 4.24. The molecule has 1 nitrogen and oxygen atoms in total. The molecule has 0 N–H and O–H groups in total. The van der Waals surface area contributed by atoms with Crippen LogP contribution in [0.4, 0.5) is 4.39 Å². The standard InChI is InChI=1S/C12H14BrFO/c1-4-5-9(3)15-12-6-8(2)11(14)7-10(12)13/h4,6-7,9H,1,5H2,2-3H3. The number of aryl methyl sites for hydroxylation is 1. The second-order valence-corrected chi connectivity index (χ2v) is 4.34. The van der Waals surface area contributed by atoms with Crippen molar-refractivity contribution in [2.45, 2.75) is 26.4 Å². The molecule has 0 aliphatic heterocycles. The summed E-state index contributed by atoms with van der Waals surface area (Å²) in [5.74, 6) is 0.439. The van der Waals surface area contributed by atoms with Gasteiger partial charge in [0.25, 0.3) is 0 Å². The van der Waals surface area contributed by atoms with Crippen molar-refractivity contribution in [3.05, 3.63) is 40.6 Å². The van der Waals surface area contributed by atoms with Gasteiger partial charge in [-0.25, -0.2) is 4.39 Å². The molecular formula is C12H14BrFO. The molecule has 0 radical (unpaired) electrons. The topological polar surface area (TPSA) is 9.23 Å². The minimum Gasteiger partial charge on any atom is -0.489 e. The van der Waals surface area contributed by atoms with Crippen molar-refractivity contribution in [3.63, 3.8) is 0 Å². The van der Waals surface area contributed by atoms with Gasteiger partial charge in [-0.15, -0.1) is 6.58 Å². The van der Waals surface area contributed by atoms with Crippen LogP contribution in [0.1, 0.15) is 18.9 Å². The third kappa shape index (κ3) is 3.34. The van der Waals surface area contributed by atoms with Gasteiger partial charge in [0.1, 0.15) is 11.6 Å². The van der Waals surface area contributed by atoms with Crippen LogP contribution >= 0.6 is 15.9 Å². The fourth-order valence-corrected chi connectivity index (χ4v) is 1.63. The smallest absolute Gasteiger partial charge is 0.134 e. The van der Waals surface area contributed by atoms with Crippen LogP contribution in [-0.2, 0) is 0 Å². The van der Waals surface area contributed by atoms with Crippen LogP contribution in [-0.4, -0.2) is 6.10 Å². The highest BCUT2D eigenvalue weighted by Gasteiger charge is 2.09. The zero-order chi connectivity index (χ0) is 11.4. The summed E-state index contributed by atoms with van der Waals surface area (Å²) >= 11 is 3.27. The quantitative estimate of drug-likeness (QED) is 0.745. The lowest BCUT2D eigenvalue weighted by atomic mass is 10.2. The molecule has 0 aliphatic carbocycles. The molecule has 1 aromatic rings. The minimum atomic E-state index is -0.231. The highest BCUT2D eigenvalue weighted by Crippen LogP contribution is 2.29. The molecule has 0 saturated heterocycles. The van der Waals surface area contributed by atoms with Gasteiger partial charge in [-0.3, -0.25) is 0 Å². The molecule has 0 saturated carbocycles. The molecule has 1 unspecified atom stereocenters. The highest BCUT2D eigenvalue weighted by atomic mass is 79.9. The number of ether oxygens (including phenoxy) is 1. The van der Waals surface area contributed by atoms with Crippen molar-refractivity contribution in [3.8, 4) is 5.75 Å². The molecule has 1 rings (SSSR count). The average molecular weight is 273 g/mol. The van der Waals surface area contributed by atoms with E-state index in [4.69, 9.17) is 4.74 Å². The number of halogens is 2. The van der Waals surface area contributed by atoms with Gasteiger partial charge < -0.3 is 4.74 Å². The van der Waals surface area contributed by atoms with E-state index in [0.29, 0.717) is 15.8 Å². The molecule has 82 valence electrons. The van der Waals surface area contributed by atoms with Gasteiger partial charge in [-0.1, -0.05) is 6.08 Å². The van der Waals surface area contributed by atoms with E-state index in [0.717, 1.165) is 6.42 Å². The first-order valence-corrected chi connectivity index (χ1v) is 5.57. The Morgan fingerprint density at radius 3 is 2.87 bits per heavy atom. The van der Waals surface area contributed by atoms with Crippen molar-refractivity contribution in [2.75, 3.05) is 0 Å². The number of hydrogen-bond donors (Lipinski definition) is 0. The van der Waals surface area contributed by atoms with E-state index in [1.165, 1.54) is 6.07 Å². The van der Waals surface area contributed by atoms with Crippen LogP contribution < -0.4 is 4.74 Å². The lowest BCUT2D eigenvalue weighted by Gasteiger charge is -2.15. The van der Waals surface area contributed by atoms with E-state index in [-0.39, 0.29) is 11.9 Å². The van der Waals surface area contributed by atoms with Crippen LogP contribution in [0.2, 0.25) is 0 Å². The zero-order valence-corrected chi connectivity index (χ0v) is 10.5. The maximum absolute atomic E-state index is 13.1. The van der Waals surface area contributed by atoms with Crippen LogP contribution in [0.3, 0.4) is 0 Å². The van der Waals surface area contributed by atoms with E-state index < -0.39 is 0 Å². The molecule has 1 aromatic carbocycles. The molecule has 0 fully saturated rings. The number of hydrogen-bond acceptors (Lipinski definition) is 1. The van der Waals surface area contributed by atoms with E-state index in [9.17, 15) is 4.39 Å². The van der Waals surface area contributed by atoms with Crippen molar-refractivity contribution >= 4 is 15.9 Å². The fraction of sp³-hybridized carbons (Fsp3) is 0.333. The van der Waals surface area contributed by atoms with Crippen molar-refractivity contribution < 1.29 is 9.13 Å². The Bertz CT molecular complexity index is 363. The maximum atomic E-state index is 13.1. The van der Waals surface area contributed by atoms with Crippen LogP contribution in [0.25, 0.3) is 0 Å². The van der Waals surface area contributed by atoms with Gasteiger partial charge in [-0.05, 0) is 47.5 Å². The molecule has 3 heteroatoms. The first-order valence-electron chi connectivity index (χ1n) is 4.77. The summed E-state index contributed by atoms with van der Waals surface area (Å²) in [5.41, 5.74) is 0.582. The Kier molecular flexibility index (Phi) is 4.33. The second-order valence-electron chi connectivity index (χ2n) is 3.48. The van der Waals surface area contributed by atoms with E-state index in [1.54, 1.807) is 19.1 Å². The summed E-state index contributed by atoms with van der Waals surface area (Å²) in [6.07, 6.45) is 2.61. The van der Waals surface area contributed by atoms with Gasteiger partial charge in [0.2, 0.25) is 0 Å². The molecule has 0 aliphatic rings. The molecule has 15 heavy (non-hydrogen) atoms. The van der Waals surface area contributed by atoms with Crippen molar-refractivity contribution in [2.24, 2.45) is 0 Å². The molecule has 0 heterocycles. The van der Waals surface area contributed by atoms with Gasteiger partial charge in [0, 0.05) is 6.42 Å². The summed E-state index contributed by atoms with van der Waals surface area (Å²) in [4.78, 5) is 0. The highest BCUT2D eigenvalue weighted by molar-refractivity contribution is 9.10. The zero-order valence-electron chi connectivity index (χ0n) is 8.89. The first kappa shape index (κ1) is 12.2. The maximum Gasteiger partial charge on any atom is 0.134 e. The summed E-state index contributed by atoms with van der Waals surface area (Å²) in [7, 11) is 0. The van der Waals surface area contributed by atoms with E-state index >= 15 is 0 Å². The number of rotatable bonds is 4. The van der Waals surface area contributed by atoms with Crippen LogP contribution in [0.15, 0.2) is 29.3 Å². The lowest BCUT2D eigenvalue weighted by molar-refractivity contribution is 0.223. The SMILES string of the molecule is C=CCC(C)Oc1cc(C)c(F)cc1Br. The Labute approximate surface area is 98.1 Å². The second kappa shape index (κ2) is 5.31. The van der Waals surface area contributed by atoms with Crippen molar-refractivity contribution in [1.29, 1.82) is 0 Å². The van der Waals surface area contributed by atoms with Gasteiger partial charge in [0.05, 0.1) is 10.6 Å². The Balaban J connectivity index is 2.85. The van der Waals surface area contributed by atoms with E-state index in [1.807, 2.05) is 6.92 Å². The first-order chi connectivity index (χ1) is 7.04. The van der Waals surface area contributed by atoms with Crippen molar-refractivity contribution in [1.82, 2.24) is 0 Å². The van der Waals surface area contributed by atoms with E-state index in [2.05, 4.69) is 22.5 Å². The van der Waals surface area contributed by atoms with Crippen LogP contribution in [0, 0.1) is 12.7 Å². The third-order valence-corrected chi connectivity index (χ3v) is 2.66. The van der Waals surface area contributed by atoms with Gasteiger partial charge >= 0.3 is 0 Å². The Morgan fingerprint density at radius 1 is 1.60 bits per heavy atom. The Hall–Kier alpha value is -0.830. The normalized spacial score (nSPS) is 12.3. The molecular weight excluding hydrogens is 259 g/mol. The Morgan fingerprint density at radius 2 is 2.27 bits per heavy atom. The third-order valence-electron chi connectivity index (χ3n) is 2.04. The summed E-state index contributed by atoms with van der Waals surface area (Å²) in [5, 5.41) is 0. The van der Waals surface area contributed by atoms with Crippen LogP contribution in [0.5, 0.6) is 5.75 Å². The molecule has 0 amide bonds. The molecule has 0 spiro atoms. The largest absolute Gasteiger partial charge is 0.489 e.